The van der Waals surface area contributed by atoms with E-state index in [1.165, 1.54) is 24.8 Å². The van der Waals surface area contributed by atoms with Crippen molar-refractivity contribution in [2.75, 3.05) is 35.9 Å². The second-order valence-electron chi connectivity index (χ2n) is 8.64. The average Bonchev–Trinajstić information content (AvgIpc) is 3.53. The van der Waals surface area contributed by atoms with Crippen LogP contribution >= 0.6 is 0 Å². The number of carbonyl (C=O) groups excluding carboxylic acids is 1. The summed E-state index contributed by atoms with van der Waals surface area (Å²) in [5.41, 5.74) is 3.61. The first-order valence-electron chi connectivity index (χ1n) is 11.2. The van der Waals surface area contributed by atoms with Crippen molar-refractivity contribution in [2.45, 2.75) is 43.3 Å². The Morgan fingerprint density at radius 2 is 2.18 bits per heavy atom. The van der Waals surface area contributed by atoms with Crippen molar-refractivity contribution in [1.82, 2.24) is 9.97 Å². The van der Waals surface area contributed by atoms with Gasteiger partial charge in [0.1, 0.15) is 23.0 Å². The molecule has 33 heavy (non-hydrogen) atoms. The van der Waals surface area contributed by atoms with Crippen LogP contribution in [0.4, 0.5) is 15.8 Å². The van der Waals surface area contributed by atoms with Gasteiger partial charge in [-0.05, 0) is 44.2 Å². The van der Waals surface area contributed by atoms with E-state index in [0.29, 0.717) is 11.0 Å². The maximum atomic E-state index is 14.1. The zero-order valence-electron chi connectivity index (χ0n) is 18.8. The zero-order chi connectivity index (χ0) is 23.2. The highest BCUT2D eigenvalue weighted by Crippen LogP contribution is 2.47. The number of benzene rings is 2. The minimum atomic E-state index is -1.57. The van der Waals surface area contributed by atoms with Crippen LogP contribution in [0.3, 0.4) is 0 Å². The summed E-state index contributed by atoms with van der Waals surface area (Å²) in [5, 5.41) is 0.251. The highest BCUT2D eigenvalue weighted by molar-refractivity contribution is 7.84. The third-order valence-electron chi connectivity index (χ3n) is 6.68. The fraction of sp³-hybridized carbons (Fsp3) is 0.417. The summed E-state index contributed by atoms with van der Waals surface area (Å²) in [6.07, 6.45) is 4.52. The van der Waals surface area contributed by atoms with Crippen molar-refractivity contribution >= 4 is 39.5 Å². The van der Waals surface area contributed by atoms with E-state index in [1.807, 2.05) is 17.0 Å². The van der Waals surface area contributed by atoms with Crippen LogP contribution < -0.4 is 14.5 Å². The molecule has 1 aliphatic heterocycles. The number of aryl methyl sites for hydroxylation is 1. The van der Waals surface area contributed by atoms with Gasteiger partial charge in [0.2, 0.25) is 0 Å². The molecule has 1 saturated carbocycles. The Morgan fingerprint density at radius 3 is 2.88 bits per heavy atom. The van der Waals surface area contributed by atoms with Gasteiger partial charge in [-0.15, -0.1) is 0 Å². The van der Waals surface area contributed by atoms with E-state index in [-0.39, 0.29) is 16.8 Å². The molecule has 1 fully saturated rings. The van der Waals surface area contributed by atoms with E-state index < -0.39 is 22.2 Å². The van der Waals surface area contributed by atoms with Gasteiger partial charge in [-0.2, -0.15) is 0 Å². The Labute approximate surface area is 194 Å². The molecule has 1 aromatic heterocycles. The number of halogens is 1. The molecule has 3 aromatic rings. The van der Waals surface area contributed by atoms with E-state index in [4.69, 9.17) is 4.74 Å². The molecule has 1 aliphatic carbocycles. The van der Waals surface area contributed by atoms with Crippen molar-refractivity contribution in [2.24, 2.45) is 0 Å². The Kier molecular flexibility index (Phi) is 5.60. The number of fused-ring (bicyclic) bond motifs is 2. The van der Waals surface area contributed by atoms with Crippen LogP contribution in [0.25, 0.3) is 11.0 Å². The van der Waals surface area contributed by atoms with Crippen LogP contribution in [0.5, 0.6) is 5.75 Å². The monoisotopic (exact) mass is 470 g/mol. The predicted molar refractivity (Wildman–Crippen MR) is 127 cm³/mol. The highest BCUT2D eigenvalue weighted by Gasteiger charge is 2.50. The lowest BCUT2D eigenvalue weighted by atomic mass is 9.99. The van der Waals surface area contributed by atoms with Gasteiger partial charge in [-0.1, -0.05) is 12.1 Å². The number of H-pyrrole nitrogens is 1. The van der Waals surface area contributed by atoms with Gasteiger partial charge in [-0.25, -0.2) is 13.6 Å². The van der Waals surface area contributed by atoms with Crippen molar-refractivity contribution < 1.29 is 18.1 Å². The number of anilines is 2. The summed E-state index contributed by atoms with van der Waals surface area (Å²) in [4.78, 5) is 23.9. The van der Waals surface area contributed by atoms with Gasteiger partial charge in [0.15, 0.2) is 16.7 Å². The Hall–Kier alpha value is -2.94. The number of methoxy groups -OCH3 is 1. The van der Waals surface area contributed by atoms with Crippen LogP contribution in [-0.4, -0.2) is 52.1 Å². The predicted octanol–water partition coefficient (Wildman–Crippen LogP) is 3.79. The molecule has 0 spiro atoms. The Bertz CT molecular complexity index is 1240. The van der Waals surface area contributed by atoms with Crippen LogP contribution in [-0.2, 0) is 22.0 Å². The first-order chi connectivity index (χ1) is 16.0. The number of imidazole rings is 1. The molecule has 0 saturated heterocycles. The van der Waals surface area contributed by atoms with Crippen LogP contribution in [0.1, 0.15) is 31.7 Å². The van der Waals surface area contributed by atoms with Gasteiger partial charge >= 0.3 is 0 Å². The summed E-state index contributed by atoms with van der Waals surface area (Å²) in [7, 11) is -0.174. The first-order valence-corrected chi connectivity index (χ1v) is 12.5. The third-order valence-corrected chi connectivity index (χ3v) is 7.79. The number of hydrogen-bond donors (Lipinski definition) is 1. The molecule has 0 radical (unpaired) electrons. The molecular formula is C24H27FN4O3S. The normalized spacial score (nSPS) is 17.5. The molecule has 1 N–H and O–H groups in total. The van der Waals surface area contributed by atoms with Gasteiger partial charge in [0.05, 0.1) is 35.1 Å². The van der Waals surface area contributed by atoms with E-state index >= 15 is 0 Å². The molecule has 1 atom stereocenters. The SMILES string of the molecule is CCN1CCCc2cccc(N(CS(=O)c3nc4cc(OC)c(F)cc4[nH]3)C3(C=O)CC3)c21. The van der Waals surface area contributed by atoms with Crippen molar-refractivity contribution in [1.29, 1.82) is 0 Å². The number of aromatic amines is 1. The number of hydrogen-bond acceptors (Lipinski definition) is 6. The number of para-hydroxylation sites is 1. The lowest BCUT2D eigenvalue weighted by Gasteiger charge is -2.38. The number of nitrogens with zero attached hydrogens (tertiary/aromatic N) is 3. The van der Waals surface area contributed by atoms with E-state index in [2.05, 4.69) is 27.9 Å². The molecule has 174 valence electrons. The van der Waals surface area contributed by atoms with Gasteiger partial charge < -0.3 is 24.3 Å². The smallest absolute Gasteiger partial charge is 0.199 e. The van der Waals surface area contributed by atoms with E-state index in [1.54, 1.807) is 0 Å². The van der Waals surface area contributed by atoms with Crippen molar-refractivity contribution in [3.63, 3.8) is 0 Å². The molecule has 0 amide bonds. The summed E-state index contributed by atoms with van der Waals surface area (Å²) in [5.74, 6) is -0.311. The molecule has 7 nitrogen and oxygen atoms in total. The minimum absolute atomic E-state index is 0.0846. The molecule has 1 unspecified atom stereocenters. The molecule has 0 bridgehead atoms. The van der Waals surface area contributed by atoms with Crippen molar-refractivity contribution in [3.05, 3.63) is 41.7 Å². The molecule has 2 aliphatic rings. The quantitative estimate of drug-likeness (QED) is 0.505. The maximum absolute atomic E-state index is 14.1. The van der Waals surface area contributed by atoms with E-state index in [0.717, 1.165) is 56.4 Å². The number of ether oxygens (including phenoxy) is 1. The zero-order valence-corrected chi connectivity index (χ0v) is 19.6. The summed E-state index contributed by atoms with van der Waals surface area (Å²) in [6.45, 7) is 3.96. The molecule has 5 rings (SSSR count). The van der Waals surface area contributed by atoms with Crippen LogP contribution in [0, 0.1) is 5.82 Å². The lowest BCUT2D eigenvalue weighted by Crippen LogP contribution is -2.43. The molecular weight excluding hydrogens is 443 g/mol. The van der Waals surface area contributed by atoms with Crippen LogP contribution in [0.2, 0.25) is 0 Å². The molecule has 9 heteroatoms. The summed E-state index contributed by atoms with van der Waals surface area (Å²) in [6, 6.07) is 8.95. The number of carbonyl (C=O) groups is 1. The maximum Gasteiger partial charge on any atom is 0.199 e. The van der Waals surface area contributed by atoms with Gasteiger partial charge in [0, 0.05) is 25.2 Å². The minimum Gasteiger partial charge on any atom is -0.494 e. The largest absolute Gasteiger partial charge is 0.494 e. The van der Waals surface area contributed by atoms with E-state index in [9.17, 15) is 13.4 Å². The molecule has 2 aromatic carbocycles. The average molecular weight is 471 g/mol. The fourth-order valence-corrected chi connectivity index (χ4v) is 5.88. The third kappa shape index (κ3) is 3.78. The van der Waals surface area contributed by atoms with Gasteiger partial charge in [0.25, 0.3) is 0 Å². The fourth-order valence-electron chi connectivity index (χ4n) is 4.70. The highest BCUT2D eigenvalue weighted by atomic mass is 32.2. The Morgan fingerprint density at radius 1 is 1.36 bits per heavy atom. The number of aldehydes is 1. The molecule has 2 heterocycles. The summed E-state index contributed by atoms with van der Waals surface area (Å²) >= 11 is 0. The second-order valence-corrected chi connectivity index (χ2v) is 9.97. The standard InChI is InChI=1S/C24H27FN4O3S/c1-3-28-11-5-7-16-6-4-8-20(22(16)28)29(24(14-30)9-10-24)15-33(31)23-26-18-12-17(25)21(32-2)13-19(18)27-23/h4,6,8,12-14H,3,5,7,9-11,15H2,1-2H3,(H,26,27). The van der Waals surface area contributed by atoms with Gasteiger partial charge in [-0.3, -0.25) is 0 Å². The second kappa shape index (κ2) is 8.44. The lowest BCUT2D eigenvalue weighted by molar-refractivity contribution is -0.109. The number of nitrogens with one attached hydrogen (secondary N) is 1. The topological polar surface area (TPSA) is 78.5 Å². The number of rotatable bonds is 8. The summed E-state index contributed by atoms with van der Waals surface area (Å²) < 4.78 is 32.6. The number of aromatic nitrogens is 2. The van der Waals surface area contributed by atoms with Crippen LogP contribution in [0.15, 0.2) is 35.5 Å². The first kappa shape index (κ1) is 21.9. The Balaban J connectivity index is 1.53. The van der Waals surface area contributed by atoms with Crippen molar-refractivity contribution in [3.8, 4) is 5.75 Å².